The van der Waals surface area contributed by atoms with Gasteiger partial charge in [-0.25, -0.2) is 0 Å². The summed E-state index contributed by atoms with van der Waals surface area (Å²) in [6.45, 7) is 1.90. The van der Waals surface area contributed by atoms with E-state index in [0.29, 0.717) is 10.0 Å². The summed E-state index contributed by atoms with van der Waals surface area (Å²) < 4.78 is 0. The van der Waals surface area contributed by atoms with E-state index < -0.39 is 0 Å². The van der Waals surface area contributed by atoms with Crippen molar-refractivity contribution < 1.29 is 0 Å². The fourth-order valence-electron chi connectivity index (χ4n) is 2.54. The van der Waals surface area contributed by atoms with Crippen LogP contribution in [0.3, 0.4) is 0 Å². The number of fused-ring (bicyclic) bond motifs is 1. The van der Waals surface area contributed by atoms with Gasteiger partial charge < -0.3 is 10.2 Å². The van der Waals surface area contributed by atoms with Gasteiger partial charge in [0.05, 0.1) is 10.0 Å². The quantitative estimate of drug-likeness (QED) is 0.891. The number of rotatable bonds is 3. The lowest BCUT2D eigenvalue weighted by molar-refractivity contribution is 0.955. The molecule has 0 fully saturated rings. The predicted octanol–water partition coefficient (Wildman–Crippen LogP) is 4.60. The van der Waals surface area contributed by atoms with Gasteiger partial charge in [0, 0.05) is 31.5 Å². The number of anilines is 2. The van der Waals surface area contributed by atoms with Gasteiger partial charge in [-0.2, -0.15) is 0 Å². The van der Waals surface area contributed by atoms with Crippen LogP contribution in [0.25, 0.3) is 0 Å². The molecule has 0 saturated carbocycles. The summed E-state index contributed by atoms with van der Waals surface area (Å²) >= 11 is 11.9. The van der Waals surface area contributed by atoms with Gasteiger partial charge in [-0.1, -0.05) is 35.3 Å². The molecule has 2 aromatic carbocycles. The molecule has 3 rings (SSSR count). The maximum Gasteiger partial charge on any atom is 0.0612 e. The molecule has 20 heavy (non-hydrogen) atoms. The van der Waals surface area contributed by atoms with Gasteiger partial charge in [-0.15, -0.1) is 0 Å². The molecule has 1 heterocycles. The van der Waals surface area contributed by atoms with E-state index in [-0.39, 0.29) is 0 Å². The van der Waals surface area contributed by atoms with Crippen LogP contribution in [0.5, 0.6) is 0 Å². The van der Waals surface area contributed by atoms with Gasteiger partial charge in [-0.3, -0.25) is 0 Å². The van der Waals surface area contributed by atoms with E-state index in [9.17, 15) is 0 Å². The van der Waals surface area contributed by atoms with E-state index in [1.807, 2.05) is 18.2 Å². The van der Waals surface area contributed by atoms with Gasteiger partial charge in [-0.05, 0) is 41.8 Å². The Morgan fingerprint density at radius 1 is 1.10 bits per heavy atom. The largest absolute Gasteiger partial charge is 0.381 e. The number of nitrogens with zero attached hydrogens (tertiary/aromatic N) is 1. The van der Waals surface area contributed by atoms with Crippen molar-refractivity contribution in [2.45, 2.75) is 13.0 Å². The zero-order chi connectivity index (χ0) is 14.1. The molecular formula is C16H16Cl2N2. The Hall–Kier alpha value is -1.38. The predicted molar refractivity (Wildman–Crippen MR) is 87.2 cm³/mol. The molecule has 2 nitrogen and oxygen atoms in total. The molecule has 2 aromatic rings. The molecule has 1 N–H and O–H groups in total. The molecule has 1 aliphatic rings. The lowest BCUT2D eigenvalue weighted by Gasteiger charge is -2.13. The molecule has 0 atom stereocenters. The first-order chi connectivity index (χ1) is 9.63. The van der Waals surface area contributed by atoms with Crippen molar-refractivity contribution in [3.05, 3.63) is 57.6 Å². The molecule has 0 radical (unpaired) electrons. The maximum atomic E-state index is 6.01. The Labute approximate surface area is 129 Å². The monoisotopic (exact) mass is 306 g/mol. The van der Waals surface area contributed by atoms with Crippen LogP contribution in [0.2, 0.25) is 10.0 Å². The first-order valence-electron chi connectivity index (χ1n) is 6.65. The molecule has 1 aliphatic heterocycles. The minimum absolute atomic E-state index is 0.576. The molecule has 0 bridgehead atoms. The third-order valence-corrected chi connectivity index (χ3v) is 4.43. The third-order valence-electron chi connectivity index (χ3n) is 3.69. The second kappa shape index (κ2) is 5.55. The highest BCUT2D eigenvalue weighted by molar-refractivity contribution is 6.42. The van der Waals surface area contributed by atoms with Crippen LogP contribution >= 0.6 is 23.2 Å². The first kappa shape index (κ1) is 13.6. The van der Waals surface area contributed by atoms with Gasteiger partial charge >= 0.3 is 0 Å². The minimum atomic E-state index is 0.576. The normalized spacial score (nSPS) is 13.4. The van der Waals surface area contributed by atoms with E-state index in [1.54, 1.807) is 0 Å². The number of likely N-dealkylation sites (N-methyl/N-ethyl adjacent to an activating group) is 1. The van der Waals surface area contributed by atoms with Crippen LogP contribution in [0.4, 0.5) is 11.4 Å². The van der Waals surface area contributed by atoms with Crippen molar-refractivity contribution in [1.29, 1.82) is 0 Å². The van der Waals surface area contributed by atoms with Gasteiger partial charge in [0.15, 0.2) is 0 Å². The standard InChI is InChI=1S/C16H16Cl2N2/c1-20-7-6-12-8-11(2-5-16(12)20)10-19-13-3-4-14(17)15(18)9-13/h2-5,8-9,19H,6-7,10H2,1H3. The Morgan fingerprint density at radius 2 is 1.95 bits per heavy atom. The molecule has 0 aromatic heterocycles. The molecule has 0 aliphatic carbocycles. The second-order valence-corrected chi connectivity index (χ2v) is 5.93. The summed E-state index contributed by atoms with van der Waals surface area (Å²) in [5, 5.41) is 4.53. The summed E-state index contributed by atoms with van der Waals surface area (Å²) in [6, 6.07) is 12.3. The molecule has 0 amide bonds. The van der Waals surface area contributed by atoms with Crippen LogP contribution in [0, 0.1) is 0 Å². The zero-order valence-corrected chi connectivity index (χ0v) is 12.8. The van der Waals surface area contributed by atoms with Crippen LogP contribution in [0.1, 0.15) is 11.1 Å². The number of hydrogen-bond donors (Lipinski definition) is 1. The summed E-state index contributed by atoms with van der Waals surface area (Å²) in [5.74, 6) is 0. The van der Waals surface area contributed by atoms with Crippen LogP contribution < -0.4 is 10.2 Å². The van der Waals surface area contributed by atoms with Crippen molar-refractivity contribution in [2.24, 2.45) is 0 Å². The Kier molecular flexibility index (Phi) is 3.77. The smallest absolute Gasteiger partial charge is 0.0612 e. The molecular weight excluding hydrogens is 291 g/mol. The fourth-order valence-corrected chi connectivity index (χ4v) is 2.84. The zero-order valence-electron chi connectivity index (χ0n) is 11.3. The van der Waals surface area contributed by atoms with E-state index in [0.717, 1.165) is 25.2 Å². The molecule has 0 unspecified atom stereocenters. The third kappa shape index (κ3) is 2.72. The van der Waals surface area contributed by atoms with Crippen molar-refractivity contribution in [3.63, 3.8) is 0 Å². The second-order valence-electron chi connectivity index (χ2n) is 5.12. The van der Waals surface area contributed by atoms with E-state index in [1.165, 1.54) is 16.8 Å². The lowest BCUT2D eigenvalue weighted by Crippen LogP contribution is -2.12. The molecule has 104 valence electrons. The van der Waals surface area contributed by atoms with Gasteiger partial charge in [0.1, 0.15) is 0 Å². The van der Waals surface area contributed by atoms with Crippen molar-refractivity contribution in [3.8, 4) is 0 Å². The average Bonchev–Trinajstić information content (AvgIpc) is 2.81. The van der Waals surface area contributed by atoms with Crippen molar-refractivity contribution in [2.75, 3.05) is 23.8 Å². The van der Waals surface area contributed by atoms with Crippen LogP contribution in [-0.2, 0) is 13.0 Å². The first-order valence-corrected chi connectivity index (χ1v) is 7.41. The molecule has 0 saturated heterocycles. The molecule has 0 spiro atoms. The topological polar surface area (TPSA) is 15.3 Å². The van der Waals surface area contributed by atoms with Gasteiger partial charge in [0.2, 0.25) is 0 Å². The highest BCUT2D eigenvalue weighted by Crippen LogP contribution is 2.28. The highest BCUT2D eigenvalue weighted by Gasteiger charge is 2.15. The Bertz CT molecular complexity index is 640. The Balaban J connectivity index is 1.71. The Morgan fingerprint density at radius 3 is 2.75 bits per heavy atom. The highest BCUT2D eigenvalue weighted by atomic mass is 35.5. The summed E-state index contributed by atoms with van der Waals surface area (Å²) in [6.07, 6.45) is 1.13. The van der Waals surface area contributed by atoms with E-state index in [2.05, 4.69) is 35.5 Å². The van der Waals surface area contributed by atoms with Crippen LogP contribution in [-0.4, -0.2) is 13.6 Å². The maximum absolute atomic E-state index is 6.01. The number of benzene rings is 2. The fraction of sp³-hybridized carbons (Fsp3) is 0.250. The SMILES string of the molecule is CN1CCc2cc(CNc3ccc(Cl)c(Cl)c3)ccc21. The summed E-state index contributed by atoms with van der Waals surface area (Å²) in [7, 11) is 2.14. The lowest BCUT2D eigenvalue weighted by atomic mass is 10.1. The van der Waals surface area contributed by atoms with E-state index in [4.69, 9.17) is 23.2 Å². The molecule has 4 heteroatoms. The van der Waals surface area contributed by atoms with Gasteiger partial charge in [0.25, 0.3) is 0 Å². The summed E-state index contributed by atoms with van der Waals surface area (Å²) in [4.78, 5) is 2.30. The number of halogens is 2. The average molecular weight is 307 g/mol. The number of hydrogen-bond acceptors (Lipinski definition) is 2. The minimum Gasteiger partial charge on any atom is -0.381 e. The van der Waals surface area contributed by atoms with Crippen molar-refractivity contribution >= 4 is 34.6 Å². The van der Waals surface area contributed by atoms with Crippen molar-refractivity contribution in [1.82, 2.24) is 0 Å². The van der Waals surface area contributed by atoms with E-state index >= 15 is 0 Å². The van der Waals surface area contributed by atoms with Crippen LogP contribution in [0.15, 0.2) is 36.4 Å². The summed E-state index contributed by atoms with van der Waals surface area (Å²) in [5.41, 5.74) is 5.05. The number of nitrogens with one attached hydrogen (secondary N) is 1.